The molecule has 2 aliphatic rings. The van der Waals surface area contributed by atoms with Crippen LogP contribution in [-0.2, 0) is 6.42 Å². The summed E-state index contributed by atoms with van der Waals surface area (Å²) in [5.74, 6) is 1.94. The Hall–Kier alpha value is -1.22. The summed E-state index contributed by atoms with van der Waals surface area (Å²) in [6.45, 7) is 1.89. The first kappa shape index (κ1) is 10.9. The lowest BCUT2D eigenvalue weighted by Crippen LogP contribution is -2.56. The Labute approximate surface area is 102 Å². The molecule has 17 heavy (non-hydrogen) atoms. The molecule has 1 saturated heterocycles. The van der Waals surface area contributed by atoms with Crippen molar-refractivity contribution in [2.24, 2.45) is 0 Å². The first-order valence-electron chi connectivity index (χ1n) is 6.37. The summed E-state index contributed by atoms with van der Waals surface area (Å²) in [7, 11) is 1.73. The highest BCUT2D eigenvalue weighted by molar-refractivity contribution is 5.47. The van der Waals surface area contributed by atoms with E-state index in [4.69, 9.17) is 9.47 Å². The third-order valence-electron chi connectivity index (χ3n) is 3.91. The van der Waals surface area contributed by atoms with Gasteiger partial charge in [0.05, 0.1) is 12.6 Å². The number of benzene rings is 1. The zero-order chi connectivity index (χ0) is 11.7. The molecule has 1 fully saturated rings. The number of rotatable bonds is 1. The monoisotopic (exact) mass is 233 g/mol. The van der Waals surface area contributed by atoms with Gasteiger partial charge in [0.25, 0.3) is 0 Å². The van der Waals surface area contributed by atoms with E-state index in [-0.39, 0.29) is 5.54 Å². The average Bonchev–Trinajstić information content (AvgIpc) is 2.39. The number of methoxy groups -OCH3 is 1. The van der Waals surface area contributed by atoms with Crippen molar-refractivity contribution in [3.8, 4) is 11.5 Å². The largest absolute Gasteiger partial charge is 0.496 e. The highest BCUT2D eigenvalue weighted by Gasteiger charge is 2.37. The van der Waals surface area contributed by atoms with Crippen molar-refractivity contribution < 1.29 is 9.47 Å². The summed E-state index contributed by atoms with van der Waals surface area (Å²) in [5.41, 5.74) is 1.36. The van der Waals surface area contributed by atoms with Crippen LogP contribution in [0.15, 0.2) is 18.2 Å². The maximum atomic E-state index is 5.92. The molecular formula is C14H19NO2. The van der Waals surface area contributed by atoms with Crippen molar-refractivity contribution >= 4 is 0 Å². The Bertz CT molecular complexity index is 396. The highest BCUT2D eigenvalue weighted by atomic mass is 16.5. The lowest BCUT2D eigenvalue weighted by molar-refractivity contribution is 0.125. The van der Waals surface area contributed by atoms with Gasteiger partial charge in [-0.1, -0.05) is 12.5 Å². The minimum absolute atomic E-state index is 0.139. The zero-order valence-corrected chi connectivity index (χ0v) is 10.3. The van der Waals surface area contributed by atoms with Crippen molar-refractivity contribution in [1.29, 1.82) is 0 Å². The van der Waals surface area contributed by atoms with Gasteiger partial charge >= 0.3 is 0 Å². The summed E-state index contributed by atoms with van der Waals surface area (Å²) in [5, 5.41) is 3.65. The van der Waals surface area contributed by atoms with Gasteiger partial charge < -0.3 is 14.8 Å². The lowest BCUT2D eigenvalue weighted by atomic mass is 9.82. The number of hydrogen-bond acceptors (Lipinski definition) is 3. The number of hydrogen-bond donors (Lipinski definition) is 1. The first-order chi connectivity index (χ1) is 8.33. The van der Waals surface area contributed by atoms with Gasteiger partial charge in [-0.15, -0.1) is 0 Å². The van der Waals surface area contributed by atoms with E-state index in [0.29, 0.717) is 0 Å². The van der Waals surface area contributed by atoms with Crippen molar-refractivity contribution in [2.45, 2.75) is 31.2 Å². The normalized spacial score (nSPS) is 27.4. The molecule has 1 atom stereocenters. The molecule has 1 unspecified atom stereocenters. The molecule has 3 rings (SSSR count). The Balaban J connectivity index is 1.93. The molecule has 0 aromatic heterocycles. The van der Waals surface area contributed by atoms with Crippen molar-refractivity contribution in [1.82, 2.24) is 5.32 Å². The van der Waals surface area contributed by atoms with Gasteiger partial charge in [0.15, 0.2) is 0 Å². The van der Waals surface area contributed by atoms with Crippen molar-refractivity contribution in [3.63, 3.8) is 0 Å². The molecule has 2 aliphatic heterocycles. The molecule has 3 heteroatoms. The molecule has 1 spiro atoms. The third-order valence-corrected chi connectivity index (χ3v) is 3.91. The maximum Gasteiger partial charge on any atom is 0.126 e. The molecule has 3 nitrogen and oxygen atoms in total. The maximum absolute atomic E-state index is 5.92. The Morgan fingerprint density at radius 3 is 3.06 bits per heavy atom. The number of piperidine rings is 1. The zero-order valence-electron chi connectivity index (χ0n) is 10.3. The van der Waals surface area contributed by atoms with Crippen molar-refractivity contribution in [3.05, 3.63) is 23.8 Å². The second kappa shape index (κ2) is 4.22. The van der Waals surface area contributed by atoms with Crippen LogP contribution in [0.25, 0.3) is 0 Å². The van der Waals surface area contributed by atoms with Crippen LogP contribution in [0.1, 0.15) is 24.8 Å². The lowest BCUT2D eigenvalue weighted by Gasteiger charge is -2.42. The van der Waals surface area contributed by atoms with Crippen LogP contribution in [0.4, 0.5) is 0 Å². The fraction of sp³-hybridized carbons (Fsp3) is 0.571. The summed E-state index contributed by atoms with van der Waals surface area (Å²) < 4.78 is 11.4. The fourth-order valence-electron chi connectivity index (χ4n) is 2.96. The summed E-state index contributed by atoms with van der Waals surface area (Å²) in [6, 6.07) is 6.04. The summed E-state index contributed by atoms with van der Waals surface area (Å²) in [6.07, 6.45) is 4.79. The van der Waals surface area contributed by atoms with Gasteiger partial charge in [-0.3, -0.25) is 0 Å². The highest BCUT2D eigenvalue weighted by Crippen LogP contribution is 2.38. The smallest absolute Gasteiger partial charge is 0.126 e. The van der Waals surface area contributed by atoms with Gasteiger partial charge in [-0.25, -0.2) is 0 Å². The Morgan fingerprint density at radius 2 is 2.29 bits per heavy atom. The van der Waals surface area contributed by atoms with Gasteiger partial charge in [0.2, 0.25) is 0 Å². The van der Waals surface area contributed by atoms with E-state index in [1.807, 2.05) is 18.2 Å². The van der Waals surface area contributed by atoms with Gasteiger partial charge in [-0.2, -0.15) is 0 Å². The molecule has 0 bridgehead atoms. The fourth-order valence-corrected chi connectivity index (χ4v) is 2.96. The van der Waals surface area contributed by atoms with Gasteiger partial charge in [0.1, 0.15) is 18.1 Å². The Kier molecular flexibility index (Phi) is 2.71. The van der Waals surface area contributed by atoms with E-state index >= 15 is 0 Å². The molecule has 0 radical (unpaired) electrons. The minimum Gasteiger partial charge on any atom is -0.496 e. The Morgan fingerprint density at radius 1 is 1.35 bits per heavy atom. The average molecular weight is 233 g/mol. The molecule has 1 N–H and O–H groups in total. The van der Waals surface area contributed by atoms with Crippen LogP contribution in [0.5, 0.6) is 11.5 Å². The number of fused-ring (bicyclic) bond motifs is 1. The van der Waals surface area contributed by atoms with Crippen LogP contribution < -0.4 is 14.8 Å². The molecule has 0 amide bonds. The first-order valence-corrected chi connectivity index (χ1v) is 6.37. The second-order valence-corrected chi connectivity index (χ2v) is 5.07. The van der Waals surface area contributed by atoms with E-state index in [1.165, 1.54) is 24.8 Å². The van der Waals surface area contributed by atoms with E-state index in [9.17, 15) is 0 Å². The standard InChI is InChI=1S/C14H19NO2/c1-16-12-5-4-6-13-11(12)9-14(10-17-13)7-2-3-8-15-14/h4-6,15H,2-3,7-10H2,1H3. The van der Waals surface area contributed by atoms with Crippen LogP contribution in [0, 0.1) is 0 Å². The van der Waals surface area contributed by atoms with Crippen LogP contribution in [0.3, 0.4) is 0 Å². The molecule has 2 heterocycles. The van der Waals surface area contributed by atoms with Crippen LogP contribution in [0.2, 0.25) is 0 Å². The molecule has 92 valence electrons. The molecule has 1 aromatic carbocycles. The van der Waals surface area contributed by atoms with E-state index in [2.05, 4.69) is 5.32 Å². The number of nitrogens with one attached hydrogen (secondary N) is 1. The van der Waals surface area contributed by atoms with Gasteiger partial charge in [-0.05, 0) is 31.5 Å². The predicted molar refractivity (Wildman–Crippen MR) is 66.8 cm³/mol. The van der Waals surface area contributed by atoms with E-state index in [0.717, 1.165) is 31.1 Å². The van der Waals surface area contributed by atoms with Crippen LogP contribution >= 0.6 is 0 Å². The predicted octanol–water partition coefficient (Wildman–Crippen LogP) is 2.14. The van der Waals surface area contributed by atoms with E-state index < -0.39 is 0 Å². The second-order valence-electron chi connectivity index (χ2n) is 5.07. The minimum atomic E-state index is 0.139. The van der Waals surface area contributed by atoms with Crippen LogP contribution in [-0.4, -0.2) is 25.8 Å². The number of ether oxygens (including phenoxy) is 2. The quantitative estimate of drug-likeness (QED) is 0.806. The molecular weight excluding hydrogens is 214 g/mol. The SMILES string of the molecule is COc1cccc2c1CC1(CCCCN1)CO2. The summed E-state index contributed by atoms with van der Waals surface area (Å²) in [4.78, 5) is 0. The molecule has 0 saturated carbocycles. The van der Waals surface area contributed by atoms with Gasteiger partial charge in [0, 0.05) is 12.0 Å². The molecule has 1 aromatic rings. The van der Waals surface area contributed by atoms with E-state index in [1.54, 1.807) is 7.11 Å². The topological polar surface area (TPSA) is 30.5 Å². The molecule has 0 aliphatic carbocycles. The third kappa shape index (κ3) is 1.89. The van der Waals surface area contributed by atoms with Crippen molar-refractivity contribution in [2.75, 3.05) is 20.3 Å². The summed E-state index contributed by atoms with van der Waals surface area (Å²) >= 11 is 0.